The van der Waals surface area contributed by atoms with Gasteiger partial charge in [-0.3, -0.25) is 35.3 Å². The molecule has 0 spiro atoms. The lowest BCUT2D eigenvalue weighted by atomic mass is 10.2. The second-order valence-electron chi connectivity index (χ2n) is 26.3. The summed E-state index contributed by atoms with van der Waals surface area (Å²) < 4.78 is 53.1. The van der Waals surface area contributed by atoms with Crippen LogP contribution in [-0.2, 0) is 25.7 Å². The maximum Gasteiger partial charge on any atom is 0.233 e. The van der Waals surface area contributed by atoms with Gasteiger partial charge in [-0.1, -0.05) is 33.8 Å². The Morgan fingerprint density at radius 1 is 0.352 bits per heavy atom. The first-order valence-electron chi connectivity index (χ1n) is 36.1. The van der Waals surface area contributed by atoms with Crippen molar-refractivity contribution in [3.63, 3.8) is 0 Å². The summed E-state index contributed by atoms with van der Waals surface area (Å²) in [4.78, 5) is 73.1. The molecule has 4 fully saturated rings. The van der Waals surface area contributed by atoms with Gasteiger partial charge in [0.1, 0.15) is 46.6 Å². The molecule has 0 saturated heterocycles. The molecule has 4 aliphatic rings. The van der Waals surface area contributed by atoms with E-state index in [0.717, 1.165) is 65.5 Å². The van der Waals surface area contributed by atoms with Gasteiger partial charge in [0.05, 0.1) is 66.0 Å². The zero-order valence-electron chi connectivity index (χ0n) is 60.7. The van der Waals surface area contributed by atoms with E-state index in [-0.39, 0.29) is 35.6 Å². The normalized spacial score (nSPS) is 14.8. The van der Waals surface area contributed by atoms with Crippen molar-refractivity contribution in [3.8, 4) is 0 Å². The summed E-state index contributed by atoms with van der Waals surface area (Å²) in [5, 5.41) is 54.4. The topological polar surface area (TPSA) is 430 Å². The van der Waals surface area contributed by atoms with Crippen LogP contribution in [0, 0.1) is 23.3 Å². The lowest BCUT2D eigenvalue weighted by Crippen LogP contribution is -2.15. The smallest absolute Gasteiger partial charge is 0.233 e. The van der Waals surface area contributed by atoms with Crippen LogP contribution in [0.2, 0.25) is 0 Å². The van der Waals surface area contributed by atoms with E-state index in [1.165, 1.54) is 69.3 Å². The van der Waals surface area contributed by atoms with Gasteiger partial charge in [0.15, 0.2) is 29.1 Å². The van der Waals surface area contributed by atoms with Gasteiger partial charge in [-0.2, -0.15) is 80.2 Å². The maximum atomic E-state index is 14.0. The number of aryl methyl sites for hydroxylation is 4. The number of H-pyrrole nitrogens is 4. The Kier molecular flexibility index (Phi) is 23.4. The van der Waals surface area contributed by atoms with E-state index in [1.54, 1.807) is 19.2 Å². The van der Waals surface area contributed by atoms with Crippen LogP contribution in [0.3, 0.4) is 0 Å². The van der Waals surface area contributed by atoms with Crippen LogP contribution in [0.5, 0.6) is 0 Å². The number of hydrogen-bond acceptors (Lipinski definition) is 29. The fourth-order valence-electron chi connectivity index (χ4n) is 10.9. The third kappa shape index (κ3) is 20.7. The van der Waals surface area contributed by atoms with Crippen molar-refractivity contribution in [2.24, 2.45) is 0 Å². The molecule has 0 bridgehead atoms. The SMILES string of the molecule is CCc1nc(Nc2cc(C3CC3)[nH]n2)nc(NC(C)c2ccc(F)cn2)n1.CCc1nc(Nc2cc(C3CC3)[nH]n2)nc(NC(C)c2ccccn2)n1.CCc1nc(Nc2cc(C3CC3)[nH]n2)nc(NC(C)c2ncc(F)cc2F)n1.CCc1nc(Nc2cc(C3CC3)[nH]n2)nc(NC(C)c2ncc(F)cn2)n1. The van der Waals surface area contributed by atoms with E-state index in [4.69, 9.17) is 0 Å². The molecule has 4 saturated carbocycles. The number of halogens is 4. The number of aromatic nitrogens is 25. The number of rotatable bonds is 28. The Hall–Kier alpha value is -12.5. The lowest BCUT2D eigenvalue weighted by Gasteiger charge is -2.15. The Bertz CT molecular complexity index is 4770. The van der Waals surface area contributed by atoms with Crippen LogP contribution in [0.15, 0.2) is 91.6 Å². The van der Waals surface area contributed by atoms with Crippen molar-refractivity contribution < 1.29 is 17.6 Å². The fraction of sp³-hybridized carbons (Fsp3) is 0.394. The molecule has 12 heterocycles. The van der Waals surface area contributed by atoms with E-state index in [0.29, 0.717) is 131 Å². The van der Waals surface area contributed by atoms with Gasteiger partial charge in [-0.05, 0) is 103 Å². The van der Waals surface area contributed by atoms with Gasteiger partial charge in [0.2, 0.25) is 47.6 Å². The molecule has 0 amide bonds. The molecule has 0 radical (unpaired) electrons. The Balaban J connectivity index is 0.000000127. The van der Waals surface area contributed by atoms with Crippen molar-refractivity contribution in [3.05, 3.63) is 184 Å². The standard InChI is InChI=1S/C18H20F2N8.C18H21FN8.C18H22N8.C17H20FN9/c1-3-14-23-17(22-9(2)16-12(20)6-11(19)8-21-16)26-18(24-14)25-15-7-13(27-28-15)10-4-5-10;1-3-15-22-17(21-10(2)13-7-6-12(19)9-20-13)25-18(23-15)24-16-8-14(26-27-16)11-4-5-11;1-3-15-21-17(20-11(2)13-6-4-5-9-19-13)24-18(22-15)23-16-10-14(25-26-16)12-7-8-12;1-3-13-22-16(21-9(2)15-19-7-11(18)8-20-15)25-17(23-13)24-14-6-12(26-27-14)10-4-5-10/h6-10H,3-5H2,1-2H3,(H3,22,23,24,25,26,27,28);6-11H,3-5H2,1-2H3,(H3,21,22,23,24,25,26,27);4-6,9-12H,3,7-8H2,1-2H3,(H3,20,21,22,23,24,25,26);6-10H,3-5H2,1-2H3,(H3,21,22,23,24,25,26,27). The summed E-state index contributed by atoms with van der Waals surface area (Å²) in [5.74, 6) is 9.09. The van der Waals surface area contributed by atoms with Crippen LogP contribution >= 0.6 is 0 Å². The molecule has 12 aromatic heterocycles. The minimum Gasteiger partial charge on any atom is -0.346 e. The predicted octanol–water partition coefficient (Wildman–Crippen LogP) is 13.3. The summed E-state index contributed by atoms with van der Waals surface area (Å²) in [6, 6.07) is 16.5. The third-order valence-electron chi connectivity index (χ3n) is 17.4. The third-order valence-corrected chi connectivity index (χ3v) is 17.4. The molecule has 0 aromatic carbocycles. The molecule has 37 heteroatoms. The average molecular weight is 1470 g/mol. The highest BCUT2D eigenvalue weighted by molar-refractivity contribution is 5.54. The molecule has 12 N–H and O–H groups in total. The summed E-state index contributed by atoms with van der Waals surface area (Å²) in [5.41, 5.74) is 6.24. The summed E-state index contributed by atoms with van der Waals surface area (Å²) in [6.07, 6.45) is 18.5. The molecule has 16 rings (SSSR count). The Labute approximate surface area is 618 Å². The van der Waals surface area contributed by atoms with Gasteiger partial charge in [-0.25, -0.2) is 27.5 Å². The lowest BCUT2D eigenvalue weighted by molar-refractivity contribution is 0.549. The first kappa shape index (κ1) is 73.8. The predicted molar refractivity (Wildman–Crippen MR) is 395 cm³/mol. The molecule has 560 valence electrons. The maximum absolute atomic E-state index is 14.0. The zero-order chi connectivity index (χ0) is 75.2. The zero-order valence-corrected chi connectivity index (χ0v) is 60.7. The number of hydrogen-bond donors (Lipinski definition) is 12. The highest BCUT2D eigenvalue weighted by Gasteiger charge is 2.29. The van der Waals surface area contributed by atoms with E-state index in [1.807, 2.05) is 90.9 Å². The highest BCUT2D eigenvalue weighted by atomic mass is 19.1. The quantitative estimate of drug-likeness (QED) is 0.0203. The molecule has 4 aliphatic carbocycles. The van der Waals surface area contributed by atoms with Crippen LogP contribution in [0.4, 0.5) is 88.4 Å². The number of nitrogens with one attached hydrogen (secondary N) is 12. The molecule has 33 nitrogen and oxygen atoms in total. The van der Waals surface area contributed by atoms with E-state index in [9.17, 15) is 17.6 Å². The largest absolute Gasteiger partial charge is 0.346 e. The van der Waals surface area contributed by atoms with Gasteiger partial charge in [-0.15, -0.1) is 0 Å². The van der Waals surface area contributed by atoms with Gasteiger partial charge >= 0.3 is 0 Å². The Morgan fingerprint density at radius 3 is 1.03 bits per heavy atom. The number of nitrogens with zero attached hydrogens (tertiary/aromatic N) is 21. The summed E-state index contributed by atoms with van der Waals surface area (Å²) in [6.45, 7) is 15.4. The second-order valence-corrected chi connectivity index (χ2v) is 26.3. The molecular formula is C71H83F4N33. The Morgan fingerprint density at radius 2 is 0.694 bits per heavy atom. The van der Waals surface area contributed by atoms with Crippen LogP contribution in [0.1, 0.15) is 224 Å². The second kappa shape index (κ2) is 34.2. The van der Waals surface area contributed by atoms with Crippen molar-refractivity contribution in [2.45, 2.75) is 180 Å². The monoisotopic (exact) mass is 1470 g/mol. The van der Waals surface area contributed by atoms with E-state index >= 15 is 0 Å². The molecular weight excluding hydrogens is 1390 g/mol. The molecule has 108 heavy (non-hydrogen) atoms. The minimum atomic E-state index is -0.729. The van der Waals surface area contributed by atoms with Gasteiger partial charge < -0.3 is 42.5 Å². The van der Waals surface area contributed by atoms with Crippen molar-refractivity contribution >= 4 is 70.9 Å². The van der Waals surface area contributed by atoms with Crippen LogP contribution < -0.4 is 42.5 Å². The molecule has 4 atom stereocenters. The van der Waals surface area contributed by atoms with Crippen molar-refractivity contribution in [1.29, 1.82) is 0 Å². The summed E-state index contributed by atoms with van der Waals surface area (Å²) in [7, 11) is 0. The van der Waals surface area contributed by atoms with Crippen LogP contribution in [-0.4, -0.2) is 126 Å². The molecule has 0 aliphatic heterocycles. The van der Waals surface area contributed by atoms with E-state index in [2.05, 4.69) is 168 Å². The number of pyridine rings is 3. The minimum absolute atomic E-state index is 0.0111. The first-order valence-corrected chi connectivity index (χ1v) is 36.1. The van der Waals surface area contributed by atoms with Gasteiger partial charge in [0, 0.05) is 109 Å². The van der Waals surface area contributed by atoms with Crippen molar-refractivity contribution in [1.82, 2.24) is 126 Å². The number of anilines is 12. The van der Waals surface area contributed by atoms with Crippen LogP contribution in [0.25, 0.3) is 0 Å². The fourth-order valence-corrected chi connectivity index (χ4v) is 10.9. The summed E-state index contributed by atoms with van der Waals surface area (Å²) >= 11 is 0. The number of aromatic amines is 4. The first-order chi connectivity index (χ1) is 52.4. The van der Waals surface area contributed by atoms with Gasteiger partial charge in [0.25, 0.3) is 0 Å². The van der Waals surface area contributed by atoms with E-state index < -0.39 is 23.5 Å². The molecule has 4 unspecified atom stereocenters. The molecule has 12 aromatic rings. The highest BCUT2D eigenvalue weighted by Crippen LogP contribution is 2.42. The van der Waals surface area contributed by atoms with Crippen molar-refractivity contribution in [2.75, 3.05) is 42.5 Å². The average Bonchev–Trinajstić information content (AvgIpc) is 1.61.